The molecule has 20 heavy (non-hydrogen) atoms. The summed E-state index contributed by atoms with van der Waals surface area (Å²) in [6, 6.07) is 17.1. The van der Waals surface area contributed by atoms with Gasteiger partial charge in [0, 0.05) is 11.6 Å². The minimum Gasteiger partial charge on any atom is -0.490 e. The maximum absolute atomic E-state index is 10.5. The average molecular weight is 271 g/mol. The third kappa shape index (κ3) is 3.38. The van der Waals surface area contributed by atoms with E-state index in [0.29, 0.717) is 0 Å². The molecule has 0 radical (unpaired) electrons. The Morgan fingerprint density at radius 2 is 1.70 bits per heavy atom. The highest BCUT2D eigenvalue weighted by Crippen LogP contribution is 2.26. The van der Waals surface area contributed by atoms with Crippen LogP contribution in [-0.2, 0) is 5.60 Å². The van der Waals surface area contributed by atoms with Crippen molar-refractivity contribution in [3.8, 4) is 5.75 Å². The fourth-order valence-corrected chi connectivity index (χ4v) is 2.09. The summed E-state index contributed by atoms with van der Waals surface area (Å²) in [5, 5.41) is 10.5. The van der Waals surface area contributed by atoms with E-state index in [9.17, 15) is 5.11 Å². The molecular formula is C17H21NO2. The normalized spacial score (nSPS) is 15.4. The first kappa shape index (κ1) is 14.6. The topological polar surface area (TPSA) is 55.5 Å². The van der Waals surface area contributed by atoms with E-state index in [1.165, 1.54) is 0 Å². The zero-order valence-electron chi connectivity index (χ0n) is 11.9. The molecular weight excluding hydrogens is 250 g/mol. The molecule has 0 amide bonds. The summed E-state index contributed by atoms with van der Waals surface area (Å²) in [6.07, 6.45) is 0. The Hall–Kier alpha value is -1.84. The lowest BCUT2D eigenvalue weighted by Crippen LogP contribution is -2.29. The highest BCUT2D eigenvalue weighted by Gasteiger charge is 2.24. The van der Waals surface area contributed by atoms with Crippen LogP contribution in [0.5, 0.6) is 5.75 Å². The largest absolute Gasteiger partial charge is 0.490 e. The molecule has 0 saturated carbocycles. The van der Waals surface area contributed by atoms with E-state index >= 15 is 0 Å². The number of ether oxygens (including phenoxy) is 1. The molecule has 0 aliphatic heterocycles. The lowest BCUT2D eigenvalue weighted by atomic mass is 9.97. The van der Waals surface area contributed by atoms with E-state index in [2.05, 4.69) is 0 Å². The van der Waals surface area contributed by atoms with Crippen molar-refractivity contribution in [3.63, 3.8) is 0 Å². The molecule has 0 heterocycles. The number of rotatable bonds is 5. The second kappa shape index (κ2) is 6.07. The highest BCUT2D eigenvalue weighted by molar-refractivity contribution is 5.35. The van der Waals surface area contributed by atoms with Crippen LogP contribution in [0, 0.1) is 0 Å². The van der Waals surface area contributed by atoms with E-state index in [4.69, 9.17) is 10.5 Å². The number of para-hydroxylation sites is 1. The van der Waals surface area contributed by atoms with Gasteiger partial charge in [0.25, 0.3) is 0 Å². The molecule has 0 aromatic heterocycles. The molecule has 2 aromatic carbocycles. The van der Waals surface area contributed by atoms with Crippen molar-refractivity contribution < 1.29 is 9.84 Å². The molecule has 2 atom stereocenters. The second-order valence-electron chi connectivity index (χ2n) is 5.26. The van der Waals surface area contributed by atoms with Gasteiger partial charge in [-0.15, -0.1) is 0 Å². The summed E-state index contributed by atoms with van der Waals surface area (Å²) >= 11 is 0. The Kier molecular flexibility index (Phi) is 4.42. The third-order valence-corrected chi connectivity index (χ3v) is 3.31. The van der Waals surface area contributed by atoms with E-state index in [-0.39, 0.29) is 12.6 Å². The van der Waals surface area contributed by atoms with Crippen LogP contribution < -0.4 is 10.5 Å². The van der Waals surface area contributed by atoms with Gasteiger partial charge >= 0.3 is 0 Å². The first-order valence-electron chi connectivity index (χ1n) is 6.76. The molecule has 3 N–H and O–H groups in total. The van der Waals surface area contributed by atoms with Gasteiger partial charge in [0.05, 0.1) is 0 Å². The van der Waals surface area contributed by atoms with Crippen molar-refractivity contribution in [2.45, 2.75) is 25.5 Å². The maximum Gasteiger partial charge on any atom is 0.124 e. The Balaban J connectivity index is 2.13. The van der Waals surface area contributed by atoms with Crippen LogP contribution in [0.15, 0.2) is 54.6 Å². The Bertz CT molecular complexity index is 550. The van der Waals surface area contributed by atoms with Crippen LogP contribution in [0.25, 0.3) is 0 Å². The molecule has 2 rings (SSSR count). The average Bonchev–Trinajstić information content (AvgIpc) is 2.46. The molecule has 0 saturated heterocycles. The SMILES string of the molecule is C[C@H](N)c1ccccc1OCC(C)(O)c1ccccc1. The molecule has 0 aliphatic rings. The summed E-state index contributed by atoms with van der Waals surface area (Å²) in [6.45, 7) is 3.84. The molecule has 0 bridgehead atoms. The van der Waals surface area contributed by atoms with Gasteiger partial charge in [-0.05, 0) is 25.5 Å². The van der Waals surface area contributed by atoms with E-state index in [1.807, 2.05) is 61.5 Å². The monoisotopic (exact) mass is 271 g/mol. The minimum absolute atomic E-state index is 0.104. The summed E-state index contributed by atoms with van der Waals surface area (Å²) in [4.78, 5) is 0. The molecule has 106 valence electrons. The number of aliphatic hydroxyl groups is 1. The van der Waals surface area contributed by atoms with Crippen molar-refractivity contribution in [1.29, 1.82) is 0 Å². The zero-order valence-corrected chi connectivity index (χ0v) is 11.9. The first-order valence-corrected chi connectivity index (χ1v) is 6.76. The van der Waals surface area contributed by atoms with Crippen LogP contribution in [0.2, 0.25) is 0 Å². The standard InChI is InChI=1S/C17H21NO2/c1-13(18)15-10-6-7-11-16(15)20-12-17(2,19)14-8-4-3-5-9-14/h3-11,13,19H,12,18H2,1-2H3/t13-,17?/m0/s1. The lowest BCUT2D eigenvalue weighted by molar-refractivity contribution is 0.00722. The molecule has 3 heteroatoms. The van der Waals surface area contributed by atoms with Crippen LogP contribution in [-0.4, -0.2) is 11.7 Å². The molecule has 0 spiro atoms. The number of hydrogen-bond donors (Lipinski definition) is 2. The quantitative estimate of drug-likeness (QED) is 0.879. The molecule has 0 fully saturated rings. The number of hydrogen-bond acceptors (Lipinski definition) is 3. The van der Waals surface area contributed by atoms with E-state index in [0.717, 1.165) is 16.9 Å². The fraction of sp³-hybridized carbons (Fsp3) is 0.294. The van der Waals surface area contributed by atoms with E-state index in [1.54, 1.807) is 6.92 Å². The van der Waals surface area contributed by atoms with Gasteiger partial charge in [-0.1, -0.05) is 48.5 Å². The van der Waals surface area contributed by atoms with Gasteiger partial charge in [0.15, 0.2) is 0 Å². The van der Waals surface area contributed by atoms with Gasteiger partial charge < -0.3 is 15.6 Å². The van der Waals surface area contributed by atoms with Crippen LogP contribution in [0.4, 0.5) is 0 Å². The summed E-state index contributed by atoms with van der Waals surface area (Å²) < 4.78 is 5.79. The number of benzene rings is 2. The highest BCUT2D eigenvalue weighted by atomic mass is 16.5. The minimum atomic E-state index is -1.04. The van der Waals surface area contributed by atoms with E-state index < -0.39 is 5.60 Å². The van der Waals surface area contributed by atoms with Crippen molar-refractivity contribution >= 4 is 0 Å². The zero-order chi connectivity index (χ0) is 14.6. The number of nitrogens with two attached hydrogens (primary N) is 1. The van der Waals surface area contributed by atoms with Crippen molar-refractivity contribution in [2.24, 2.45) is 5.73 Å². The van der Waals surface area contributed by atoms with Crippen LogP contribution >= 0.6 is 0 Å². The summed E-state index contributed by atoms with van der Waals surface area (Å²) in [7, 11) is 0. The molecule has 3 nitrogen and oxygen atoms in total. The molecule has 0 aliphatic carbocycles. The van der Waals surface area contributed by atoms with Crippen molar-refractivity contribution in [3.05, 3.63) is 65.7 Å². The Morgan fingerprint density at radius 3 is 2.35 bits per heavy atom. The third-order valence-electron chi connectivity index (χ3n) is 3.31. The van der Waals surface area contributed by atoms with Crippen molar-refractivity contribution in [1.82, 2.24) is 0 Å². The predicted octanol–water partition coefficient (Wildman–Crippen LogP) is 2.99. The molecule has 1 unspecified atom stereocenters. The van der Waals surface area contributed by atoms with Gasteiger partial charge in [-0.3, -0.25) is 0 Å². The van der Waals surface area contributed by atoms with Gasteiger partial charge in [0.2, 0.25) is 0 Å². The lowest BCUT2D eigenvalue weighted by Gasteiger charge is -2.25. The first-order chi connectivity index (χ1) is 9.50. The van der Waals surface area contributed by atoms with Crippen LogP contribution in [0.1, 0.15) is 31.0 Å². The van der Waals surface area contributed by atoms with Crippen LogP contribution in [0.3, 0.4) is 0 Å². The summed E-state index contributed by atoms with van der Waals surface area (Å²) in [5.74, 6) is 0.721. The Labute approximate surface area is 120 Å². The maximum atomic E-state index is 10.5. The predicted molar refractivity (Wildman–Crippen MR) is 80.6 cm³/mol. The fourth-order valence-electron chi connectivity index (χ4n) is 2.09. The Morgan fingerprint density at radius 1 is 1.10 bits per heavy atom. The molecule has 2 aromatic rings. The van der Waals surface area contributed by atoms with Gasteiger partial charge in [-0.25, -0.2) is 0 Å². The van der Waals surface area contributed by atoms with Gasteiger partial charge in [-0.2, -0.15) is 0 Å². The summed E-state index contributed by atoms with van der Waals surface area (Å²) in [5.41, 5.74) is 6.66. The van der Waals surface area contributed by atoms with Gasteiger partial charge in [0.1, 0.15) is 18.0 Å². The smallest absolute Gasteiger partial charge is 0.124 e. The van der Waals surface area contributed by atoms with Crippen molar-refractivity contribution in [2.75, 3.05) is 6.61 Å². The second-order valence-corrected chi connectivity index (χ2v) is 5.26.